The van der Waals surface area contributed by atoms with Crippen molar-refractivity contribution in [1.82, 2.24) is 4.98 Å². The van der Waals surface area contributed by atoms with Crippen LogP contribution < -0.4 is 10.2 Å². The van der Waals surface area contributed by atoms with Gasteiger partial charge < -0.3 is 20.1 Å². The summed E-state index contributed by atoms with van der Waals surface area (Å²) in [6, 6.07) is 18.0. The summed E-state index contributed by atoms with van der Waals surface area (Å²) >= 11 is 0. The molecule has 1 aliphatic rings. The van der Waals surface area contributed by atoms with Crippen LogP contribution in [0.1, 0.15) is 5.56 Å². The second-order valence-electron chi connectivity index (χ2n) is 6.63. The summed E-state index contributed by atoms with van der Waals surface area (Å²) in [7, 11) is 0. The smallest absolute Gasteiger partial charge is 0.115 e. The molecule has 2 heterocycles. The van der Waals surface area contributed by atoms with Crippen molar-refractivity contribution in [2.75, 3.05) is 36.5 Å². The van der Waals surface area contributed by atoms with E-state index in [1.165, 1.54) is 5.69 Å². The Morgan fingerprint density at radius 3 is 2.56 bits per heavy atom. The Balaban J connectivity index is 1.45. The van der Waals surface area contributed by atoms with Crippen LogP contribution in [-0.4, -0.2) is 36.4 Å². The largest absolute Gasteiger partial charge is 0.508 e. The second-order valence-corrected chi connectivity index (χ2v) is 6.63. The number of hydrogen-bond acceptors (Lipinski definition) is 5. The predicted molar refractivity (Wildman–Crippen MR) is 108 cm³/mol. The van der Waals surface area contributed by atoms with Crippen molar-refractivity contribution in [3.63, 3.8) is 0 Å². The molecule has 27 heavy (non-hydrogen) atoms. The third kappa shape index (κ3) is 4.38. The van der Waals surface area contributed by atoms with Crippen molar-refractivity contribution >= 4 is 11.4 Å². The van der Waals surface area contributed by atoms with E-state index < -0.39 is 0 Å². The van der Waals surface area contributed by atoms with Gasteiger partial charge in [0, 0.05) is 43.3 Å². The molecule has 1 aliphatic heterocycles. The van der Waals surface area contributed by atoms with Crippen LogP contribution in [0.2, 0.25) is 0 Å². The lowest BCUT2D eigenvalue weighted by Gasteiger charge is -2.28. The van der Waals surface area contributed by atoms with Crippen molar-refractivity contribution in [1.29, 1.82) is 0 Å². The molecule has 0 saturated carbocycles. The molecule has 0 radical (unpaired) electrons. The van der Waals surface area contributed by atoms with Crippen molar-refractivity contribution < 1.29 is 9.84 Å². The highest BCUT2D eigenvalue weighted by atomic mass is 16.5. The number of rotatable bonds is 5. The van der Waals surface area contributed by atoms with Crippen molar-refractivity contribution in [3.8, 4) is 16.9 Å². The number of benzene rings is 2. The minimum Gasteiger partial charge on any atom is -0.508 e. The lowest BCUT2D eigenvalue weighted by atomic mass is 10.1. The highest BCUT2D eigenvalue weighted by molar-refractivity contribution is 5.69. The van der Waals surface area contributed by atoms with Crippen LogP contribution in [0, 0.1) is 0 Å². The maximum Gasteiger partial charge on any atom is 0.115 e. The van der Waals surface area contributed by atoms with Gasteiger partial charge in [-0.2, -0.15) is 0 Å². The third-order valence-electron chi connectivity index (χ3n) is 4.72. The van der Waals surface area contributed by atoms with Crippen molar-refractivity contribution in [3.05, 3.63) is 72.6 Å². The highest BCUT2D eigenvalue weighted by Gasteiger charge is 2.11. The minimum absolute atomic E-state index is 0.279. The van der Waals surface area contributed by atoms with E-state index in [9.17, 15) is 5.11 Å². The molecule has 138 valence electrons. The third-order valence-corrected chi connectivity index (χ3v) is 4.72. The zero-order valence-corrected chi connectivity index (χ0v) is 15.1. The van der Waals surface area contributed by atoms with Gasteiger partial charge in [0.05, 0.1) is 18.9 Å². The van der Waals surface area contributed by atoms with Gasteiger partial charge in [0.1, 0.15) is 5.75 Å². The molecule has 5 heteroatoms. The molecule has 0 aliphatic carbocycles. The number of aromatic hydroxyl groups is 1. The Labute approximate surface area is 159 Å². The van der Waals surface area contributed by atoms with Crippen LogP contribution in [0.5, 0.6) is 5.75 Å². The Bertz CT molecular complexity index is 890. The van der Waals surface area contributed by atoms with E-state index >= 15 is 0 Å². The zero-order chi connectivity index (χ0) is 18.5. The first kappa shape index (κ1) is 17.4. The molecule has 1 fully saturated rings. The van der Waals surface area contributed by atoms with Crippen molar-refractivity contribution in [2.45, 2.75) is 6.54 Å². The van der Waals surface area contributed by atoms with Gasteiger partial charge in [-0.15, -0.1) is 0 Å². The van der Waals surface area contributed by atoms with E-state index in [1.54, 1.807) is 12.1 Å². The van der Waals surface area contributed by atoms with E-state index in [0.29, 0.717) is 6.54 Å². The van der Waals surface area contributed by atoms with Gasteiger partial charge >= 0.3 is 0 Å². The molecule has 1 aromatic heterocycles. The molecular formula is C22H23N3O2. The second kappa shape index (κ2) is 8.10. The fourth-order valence-corrected chi connectivity index (χ4v) is 3.25. The Hall–Kier alpha value is -3.05. The first-order valence-corrected chi connectivity index (χ1v) is 9.18. The van der Waals surface area contributed by atoms with E-state index in [0.717, 1.165) is 48.7 Å². The average Bonchev–Trinajstić information content (AvgIpc) is 2.73. The molecule has 0 amide bonds. The highest BCUT2D eigenvalue weighted by Crippen LogP contribution is 2.25. The zero-order valence-electron chi connectivity index (χ0n) is 15.1. The molecule has 0 atom stereocenters. The van der Waals surface area contributed by atoms with Gasteiger partial charge in [0.2, 0.25) is 0 Å². The lowest BCUT2D eigenvalue weighted by molar-refractivity contribution is 0.122. The molecule has 0 bridgehead atoms. The Morgan fingerprint density at radius 2 is 1.78 bits per heavy atom. The number of hydrogen-bond donors (Lipinski definition) is 2. The molecule has 3 aromatic rings. The fourth-order valence-electron chi connectivity index (χ4n) is 3.25. The number of phenolic OH excluding ortho intramolecular Hbond substituents is 1. The number of nitrogens with one attached hydrogen (secondary N) is 1. The number of nitrogens with zero attached hydrogens (tertiary/aromatic N) is 2. The molecular weight excluding hydrogens is 338 g/mol. The molecule has 4 rings (SSSR count). The summed E-state index contributed by atoms with van der Waals surface area (Å²) in [5.74, 6) is 0.279. The fraction of sp³-hybridized carbons (Fsp3) is 0.227. The van der Waals surface area contributed by atoms with Gasteiger partial charge in [-0.3, -0.25) is 4.98 Å². The summed E-state index contributed by atoms with van der Waals surface area (Å²) in [5.41, 5.74) is 5.42. The average molecular weight is 361 g/mol. The lowest BCUT2D eigenvalue weighted by Crippen LogP contribution is -2.36. The molecule has 5 nitrogen and oxygen atoms in total. The topological polar surface area (TPSA) is 57.6 Å². The maximum absolute atomic E-state index is 9.57. The SMILES string of the molecule is Oc1cccc(CNc2cncc(-c3ccc(N4CCOCC4)cc3)c2)c1. The number of anilines is 2. The summed E-state index contributed by atoms with van der Waals surface area (Å²) in [4.78, 5) is 6.71. The van der Waals surface area contributed by atoms with Gasteiger partial charge in [-0.05, 0) is 41.5 Å². The summed E-state index contributed by atoms with van der Waals surface area (Å²) in [5, 5.41) is 12.9. The number of morpholine rings is 1. The number of ether oxygens (including phenoxy) is 1. The van der Waals surface area contributed by atoms with Crippen LogP contribution in [0.3, 0.4) is 0 Å². The molecule has 0 spiro atoms. The van der Waals surface area contributed by atoms with Crippen LogP contribution in [-0.2, 0) is 11.3 Å². The molecule has 0 unspecified atom stereocenters. The summed E-state index contributed by atoms with van der Waals surface area (Å²) in [6.07, 6.45) is 3.69. The van der Waals surface area contributed by atoms with Gasteiger partial charge in [0.15, 0.2) is 0 Å². The standard InChI is InChI=1S/C22H23N3O2/c26-22-3-1-2-17(12-22)14-24-20-13-19(15-23-16-20)18-4-6-21(7-5-18)25-8-10-27-11-9-25/h1-7,12-13,15-16,24,26H,8-11,14H2. The first-order valence-electron chi connectivity index (χ1n) is 9.18. The van der Waals surface area contributed by atoms with E-state index in [-0.39, 0.29) is 5.75 Å². The molecule has 2 aromatic carbocycles. The number of phenols is 1. The summed E-state index contributed by atoms with van der Waals surface area (Å²) < 4.78 is 5.42. The van der Waals surface area contributed by atoms with Gasteiger partial charge in [-0.1, -0.05) is 24.3 Å². The number of pyridine rings is 1. The summed E-state index contributed by atoms with van der Waals surface area (Å²) in [6.45, 7) is 4.09. The van der Waals surface area contributed by atoms with Crippen LogP contribution in [0.25, 0.3) is 11.1 Å². The number of aromatic nitrogens is 1. The Morgan fingerprint density at radius 1 is 0.963 bits per heavy atom. The normalized spacial score (nSPS) is 14.1. The molecule has 2 N–H and O–H groups in total. The first-order chi connectivity index (χ1) is 13.3. The molecule has 1 saturated heterocycles. The van der Waals surface area contributed by atoms with Crippen LogP contribution >= 0.6 is 0 Å². The monoisotopic (exact) mass is 361 g/mol. The van der Waals surface area contributed by atoms with E-state index in [4.69, 9.17) is 4.74 Å². The Kier molecular flexibility index (Phi) is 5.21. The van der Waals surface area contributed by atoms with Gasteiger partial charge in [0.25, 0.3) is 0 Å². The van der Waals surface area contributed by atoms with Crippen molar-refractivity contribution in [2.24, 2.45) is 0 Å². The van der Waals surface area contributed by atoms with E-state index in [2.05, 4.69) is 45.5 Å². The van der Waals surface area contributed by atoms with Crippen LogP contribution in [0.4, 0.5) is 11.4 Å². The minimum atomic E-state index is 0.279. The van der Waals surface area contributed by atoms with Gasteiger partial charge in [-0.25, -0.2) is 0 Å². The van der Waals surface area contributed by atoms with E-state index in [1.807, 2.05) is 24.5 Å². The quantitative estimate of drug-likeness (QED) is 0.722. The van der Waals surface area contributed by atoms with Crippen LogP contribution in [0.15, 0.2) is 67.0 Å². The maximum atomic E-state index is 9.57. The predicted octanol–water partition coefficient (Wildman–Crippen LogP) is 3.90.